The quantitative estimate of drug-likeness (QED) is 0.882. The van der Waals surface area contributed by atoms with Crippen molar-refractivity contribution in [2.24, 2.45) is 4.99 Å². The molecule has 1 aromatic heterocycles. The lowest BCUT2D eigenvalue weighted by molar-refractivity contribution is -0.137. The highest BCUT2D eigenvalue weighted by atomic mass is 32.1. The zero-order valence-corrected chi connectivity index (χ0v) is 9.70. The number of nitrogens with zero attached hydrogens (tertiary/aromatic N) is 2. The molecule has 0 atom stereocenters. The van der Waals surface area contributed by atoms with E-state index in [0.29, 0.717) is 6.54 Å². The van der Waals surface area contributed by atoms with Crippen LogP contribution in [0.5, 0.6) is 0 Å². The fourth-order valence-corrected chi connectivity index (χ4v) is 2.63. The molecular formula is C11H12N2O2S. The number of aliphatic carboxylic acids is 1. The summed E-state index contributed by atoms with van der Waals surface area (Å²) < 4.78 is 3.09. The Bertz CT molecular complexity index is 583. The molecule has 0 aliphatic carbocycles. The van der Waals surface area contributed by atoms with E-state index in [2.05, 4.69) is 4.99 Å². The summed E-state index contributed by atoms with van der Waals surface area (Å²) in [6, 6.07) is 7.93. The lowest BCUT2D eigenvalue weighted by Crippen LogP contribution is -2.16. The minimum Gasteiger partial charge on any atom is -0.481 e. The molecular weight excluding hydrogens is 224 g/mol. The first kappa shape index (κ1) is 10.9. The molecule has 2 aromatic rings. The molecule has 4 nitrogen and oxygen atoms in total. The van der Waals surface area contributed by atoms with E-state index in [1.165, 1.54) is 0 Å². The zero-order chi connectivity index (χ0) is 11.5. The number of aryl methyl sites for hydroxylation is 1. The second-order valence-corrected chi connectivity index (χ2v) is 4.38. The van der Waals surface area contributed by atoms with Gasteiger partial charge < -0.3 is 9.67 Å². The van der Waals surface area contributed by atoms with Crippen molar-refractivity contribution in [3.05, 3.63) is 29.1 Å². The van der Waals surface area contributed by atoms with Crippen LogP contribution in [0.25, 0.3) is 10.2 Å². The summed E-state index contributed by atoms with van der Waals surface area (Å²) >= 11 is 1.58. The molecule has 84 valence electrons. The van der Waals surface area contributed by atoms with Gasteiger partial charge in [0.1, 0.15) is 0 Å². The summed E-state index contributed by atoms with van der Waals surface area (Å²) in [5.74, 6) is -0.787. The number of benzene rings is 1. The van der Waals surface area contributed by atoms with Gasteiger partial charge in [0, 0.05) is 13.6 Å². The number of carboxylic acid groups (broad SMARTS) is 1. The van der Waals surface area contributed by atoms with Gasteiger partial charge in [0.05, 0.1) is 16.6 Å². The maximum absolute atomic E-state index is 10.6. The Morgan fingerprint density at radius 3 is 2.94 bits per heavy atom. The van der Waals surface area contributed by atoms with Crippen molar-refractivity contribution < 1.29 is 9.90 Å². The summed E-state index contributed by atoms with van der Waals surface area (Å²) in [4.78, 5) is 15.6. The summed E-state index contributed by atoms with van der Waals surface area (Å²) in [5.41, 5.74) is 1.05. The van der Waals surface area contributed by atoms with E-state index in [1.807, 2.05) is 28.8 Å². The molecule has 0 unspecified atom stereocenters. The summed E-state index contributed by atoms with van der Waals surface area (Å²) in [6.45, 7) is 0.464. The largest absolute Gasteiger partial charge is 0.481 e. The smallest absolute Gasteiger partial charge is 0.305 e. The van der Waals surface area contributed by atoms with Crippen LogP contribution in [0.1, 0.15) is 6.42 Å². The zero-order valence-electron chi connectivity index (χ0n) is 8.88. The highest BCUT2D eigenvalue weighted by molar-refractivity contribution is 7.16. The first-order valence-electron chi connectivity index (χ1n) is 4.95. The molecule has 0 saturated heterocycles. The van der Waals surface area contributed by atoms with Crippen LogP contribution in [0.15, 0.2) is 29.3 Å². The molecule has 2 rings (SSSR count). The molecule has 0 amide bonds. The van der Waals surface area contributed by atoms with Crippen molar-refractivity contribution in [3.8, 4) is 0 Å². The van der Waals surface area contributed by atoms with Crippen molar-refractivity contribution >= 4 is 27.5 Å². The minimum absolute atomic E-state index is 0.119. The van der Waals surface area contributed by atoms with E-state index < -0.39 is 5.97 Å². The first-order chi connectivity index (χ1) is 7.72. The number of hydrogen-bond acceptors (Lipinski definition) is 3. The number of para-hydroxylation sites is 1. The lowest BCUT2D eigenvalue weighted by Gasteiger charge is -2.01. The van der Waals surface area contributed by atoms with Crippen molar-refractivity contribution in [1.29, 1.82) is 0 Å². The third-order valence-corrected chi connectivity index (χ3v) is 3.48. The van der Waals surface area contributed by atoms with E-state index >= 15 is 0 Å². The second-order valence-electron chi connectivity index (χ2n) is 3.37. The van der Waals surface area contributed by atoms with Crippen molar-refractivity contribution in [1.82, 2.24) is 4.57 Å². The van der Waals surface area contributed by atoms with Crippen LogP contribution in [0.3, 0.4) is 0 Å². The van der Waals surface area contributed by atoms with Crippen molar-refractivity contribution in [3.63, 3.8) is 0 Å². The normalized spacial score (nSPS) is 12.2. The standard InChI is InChI=1S/C11H12N2O2S/c1-12-11-13(7-6-10(14)15)8-4-2-3-5-9(8)16-11/h2-5H,6-7H2,1H3,(H,14,15). The Hall–Kier alpha value is -1.62. The van der Waals surface area contributed by atoms with Gasteiger partial charge in [-0.1, -0.05) is 23.5 Å². The van der Waals surface area contributed by atoms with Gasteiger partial charge in [-0.25, -0.2) is 0 Å². The Labute approximate surface area is 96.5 Å². The highest BCUT2D eigenvalue weighted by Crippen LogP contribution is 2.16. The minimum atomic E-state index is -0.787. The molecule has 0 aliphatic rings. The summed E-state index contributed by atoms with van der Waals surface area (Å²) in [5, 5.41) is 8.71. The van der Waals surface area contributed by atoms with E-state index in [4.69, 9.17) is 5.11 Å². The van der Waals surface area contributed by atoms with E-state index in [1.54, 1.807) is 18.4 Å². The van der Waals surface area contributed by atoms with E-state index in [9.17, 15) is 4.79 Å². The molecule has 5 heteroatoms. The first-order valence-corrected chi connectivity index (χ1v) is 5.77. The number of aromatic nitrogens is 1. The monoisotopic (exact) mass is 236 g/mol. The third-order valence-electron chi connectivity index (χ3n) is 2.33. The number of carbonyl (C=O) groups is 1. The predicted octanol–water partition coefficient (Wildman–Crippen LogP) is 1.71. The fourth-order valence-electron chi connectivity index (χ4n) is 1.61. The number of fused-ring (bicyclic) bond motifs is 1. The molecule has 0 spiro atoms. The predicted molar refractivity (Wildman–Crippen MR) is 63.6 cm³/mol. The van der Waals surface area contributed by atoms with E-state index in [-0.39, 0.29) is 6.42 Å². The van der Waals surface area contributed by atoms with E-state index in [0.717, 1.165) is 15.0 Å². The third kappa shape index (κ3) is 1.99. The van der Waals surface area contributed by atoms with Gasteiger partial charge >= 0.3 is 5.97 Å². The molecule has 0 saturated carbocycles. The van der Waals surface area contributed by atoms with Crippen LogP contribution >= 0.6 is 11.3 Å². The topological polar surface area (TPSA) is 54.6 Å². The van der Waals surface area contributed by atoms with Crippen LogP contribution in [0.4, 0.5) is 0 Å². The Morgan fingerprint density at radius 2 is 2.25 bits per heavy atom. The van der Waals surface area contributed by atoms with Gasteiger partial charge in [-0.2, -0.15) is 0 Å². The van der Waals surface area contributed by atoms with Crippen LogP contribution in [-0.2, 0) is 11.3 Å². The summed E-state index contributed by atoms with van der Waals surface area (Å²) in [7, 11) is 1.72. The Balaban J connectivity index is 2.52. The van der Waals surface area contributed by atoms with Crippen LogP contribution in [0.2, 0.25) is 0 Å². The number of thiazole rings is 1. The number of hydrogen-bond donors (Lipinski definition) is 1. The summed E-state index contributed by atoms with van der Waals surface area (Å²) in [6.07, 6.45) is 0.119. The lowest BCUT2D eigenvalue weighted by atomic mass is 10.3. The Kier molecular flexibility index (Phi) is 3.05. The average molecular weight is 236 g/mol. The van der Waals surface area contributed by atoms with Gasteiger partial charge in [0.25, 0.3) is 0 Å². The molecule has 0 aliphatic heterocycles. The highest BCUT2D eigenvalue weighted by Gasteiger charge is 2.06. The van der Waals surface area contributed by atoms with Gasteiger partial charge in [0.15, 0.2) is 4.80 Å². The molecule has 1 aromatic carbocycles. The van der Waals surface area contributed by atoms with Gasteiger partial charge in [-0.05, 0) is 12.1 Å². The Morgan fingerprint density at radius 1 is 1.50 bits per heavy atom. The van der Waals surface area contributed by atoms with Gasteiger partial charge in [0.2, 0.25) is 0 Å². The SMILES string of the molecule is CN=c1sc2ccccc2n1CCC(=O)O. The fraction of sp³-hybridized carbons (Fsp3) is 0.273. The second kappa shape index (κ2) is 4.49. The van der Waals surface area contributed by atoms with Crippen LogP contribution in [0, 0.1) is 0 Å². The molecule has 1 heterocycles. The molecule has 0 fully saturated rings. The van der Waals surface area contributed by atoms with Crippen LogP contribution < -0.4 is 4.80 Å². The van der Waals surface area contributed by atoms with Gasteiger partial charge in [-0.3, -0.25) is 9.79 Å². The van der Waals surface area contributed by atoms with Gasteiger partial charge in [-0.15, -0.1) is 0 Å². The van der Waals surface area contributed by atoms with Crippen molar-refractivity contribution in [2.45, 2.75) is 13.0 Å². The maximum Gasteiger partial charge on any atom is 0.305 e. The average Bonchev–Trinajstić information content (AvgIpc) is 2.64. The number of carboxylic acids is 1. The molecule has 16 heavy (non-hydrogen) atoms. The number of rotatable bonds is 3. The molecule has 1 N–H and O–H groups in total. The molecule has 0 bridgehead atoms. The van der Waals surface area contributed by atoms with Crippen LogP contribution in [-0.4, -0.2) is 22.7 Å². The maximum atomic E-state index is 10.6. The molecule has 0 radical (unpaired) electrons. The van der Waals surface area contributed by atoms with Crippen molar-refractivity contribution in [2.75, 3.05) is 7.05 Å².